The minimum absolute atomic E-state index is 0.311. The zero-order valence-corrected chi connectivity index (χ0v) is 12.2. The van der Waals surface area contributed by atoms with E-state index in [9.17, 15) is 9.18 Å². The van der Waals surface area contributed by atoms with E-state index in [0.717, 1.165) is 10.0 Å². The van der Waals surface area contributed by atoms with Crippen molar-refractivity contribution in [2.75, 3.05) is 5.32 Å². The van der Waals surface area contributed by atoms with E-state index in [2.05, 4.69) is 21.2 Å². The van der Waals surface area contributed by atoms with E-state index in [4.69, 9.17) is 0 Å². The summed E-state index contributed by atoms with van der Waals surface area (Å²) in [4.78, 5) is 12.1. The molecule has 0 unspecified atom stereocenters. The molecule has 0 atom stereocenters. The van der Waals surface area contributed by atoms with Crippen LogP contribution in [0.1, 0.15) is 21.5 Å². The number of rotatable bonds is 2. The summed E-state index contributed by atoms with van der Waals surface area (Å²) in [7, 11) is 0. The number of benzene rings is 2. The van der Waals surface area contributed by atoms with Crippen molar-refractivity contribution in [3.8, 4) is 0 Å². The molecule has 0 saturated carbocycles. The van der Waals surface area contributed by atoms with Crippen LogP contribution < -0.4 is 5.32 Å². The zero-order valence-electron chi connectivity index (χ0n) is 10.6. The lowest BCUT2D eigenvalue weighted by Gasteiger charge is -2.09. The minimum Gasteiger partial charge on any atom is -0.321 e. The molecule has 98 valence electrons. The fourth-order valence-corrected chi connectivity index (χ4v) is 2.14. The molecular weight excluding hydrogens is 309 g/mol. The SMILES string of the molecule is Cc1cc(F)cc(C(=O)Nc2cc(C)ccc2Br)c1. The monoisotopic (exact) mass is 321 g/mol. The van der Waals surface area contributed by atoms with Gasteiger partial charge in [-0.3, -0.25) is 4.79 Å². The number of nitrogens with one attached hydrogen (secondary N) is 1. The van der Waals surface area contributed by atoms with Crippen LogP contribution in [0, 0.1) is 19.7 Å². The molecule has 2 aromatic carbocycles. The summed E-state index contributed by atoms with van der Waals surface area (Å²) in [6.45, 7) is 3.69. The van der Waals surface area contributed by atoms with E-state index >= 15 is 0 Å². The van der Waals surface area contributed by atoms with Gasteiger partial charge >= 0.3 is 0 Å². The van der Waals surface area contributed by atoms with Gasteiger partial charge in [0.05, 0.1) is 5.69 Å². The van der Waals surface area contributed by atoms with Crippen LogP contribution in [0.3, 0.4) is 0 Å². The van der Waals surface area contributed by atoms with Crippen molar-refractivity contribution in [3.05, 3.63) is 63.4 Å². The fourth-order valence-electron chi connectivity index (χ4n) is 1.80. The average Bonchev–Trinajstić information content (AvgIpc) is 2.32. The van der Waals surface area contributed by atoms with Crippen molar-refractivity contribution in [2.45, 2.75) is 13.8 Å². The number of amides is 1. The highest BCUT2D eigenvalue weighted by Crippen LogP contribution is 2.24. The maximum Gasteiger partial charge on any atom is 0.255 e. The second-order valence-electron chi connectivity index (χ2n) is 4.45. The molecule has 0 aliphatic carbocycles. The highest BCUT2D eigenvalue weighted by Gasteiger charge is 2.10. The molecule has 19 heavy (non-hydrogen) atoms. The quantitative estimate of drug-likeness (QED) is 0.869. The smallest absolute Gasteiger partial charge is 0.255 e. The van der Waals surface area contributed by atoms with Gasteiger partial charge in [0.2, 0.25) is 0 Å². The Morgan fingerprint density at radius 2 is 1.84 bits per heavy atom. The lowest BCUT2D eigenvalue weighted by molar-refractivity contribution is 0.102. The van der Waals surface area contributed by atoms with Gasteiger partial charge in [-0.15, -0.1) is 0 Å². The molecule has 0 aliphatic heterocycles. The van der Waals surface area contributed by atoms with Crippen molar-refractivity contribution >= 4 is 27.5 Å². The highest BCUT2D eigenvalue weighted by atomic mass is 79.9. The van der Waals surface area contributed by atoms with Gasteiger partial charge in [-0.2, -0.15) is 0 Å². The summed E-state index contributed by atoms with van der Waals surface area (Å²) in [5.41, 5.74) is 2.74. The summed E-state index contributed by atoms with van der Waals surface area (Å²) in [5.74, 6) is -0.734. The number of aryl methyl sites for hydroxylation is 2. The maximum absolute atomic E-state index is 13.3. The molecule has 1 amide bonds. The van der Waals surface area contributed by atoms with E-state index in [1.807, 2.05) is 25.1 Å². The van der Waals surface area contributed by atoms with Gasteiger partial charge in [0.25, 0.3) is 5.91 Å². The van der Waals surface area contributed by atoms with Gasteiger partial charge in [-0.1, -0.05) is 6.07 Å². The Kier molecular flexibility index (Phi) is 4.00. The molecule has 0 fully saturated rings. The first-order valence-corrected chi connectivity index (χ1v) is 6.60. The Labute approximate surface area is 119 Å². The van der Waals surface area contributed by atoms with E-state index in [1.54, 1.807) is 13.0 Å². The van der Waals surface area contributed by atoms with Crippen LogP contribution in [0.25, 0.3) is 0 Å². The van der Waals surface area contributed by atoms with E-state index in [0.29, 0.717) is 16.8 Å². The second-order valence-corrected chi connectivity index (χ2v) is 5.31. The van der Waals surface area contributed by atoms with Crippen LogP contribution in [0.4, 0.5) is 10.1 Å². The molecule has 4 heteroatoms. The molecule has 0 aliphatic rings. The number of carbonyl (C=O) groups is 1. The molecule has 0 aromatic heterocycles. The summed E-state index contributed by atoms with van der Waals surface area (Å²) < 4.78 is 14.1. The Morgan fingerprint density at radius 3 is 2.53 bits per heavy atom. The molecular formula is C15H13BrFNO. The molecule has 2 aromatic rings. The van der Waals surface area contributed by atoms with Crippen LogP contribution in [0.5, 0.6) is 0 Å². The predicted molar refractivity (Wildman–Crippen MR) is 78.0 cm³/mol. The minimum atomic E-state index is -0.409. The first kappa shape index (κ1) is 13.7. The fraction of sp³-hybridized carbons (Fsp3) is 0.133. The van der Waals surface area contributed by atoms with Crippen LogP contribution in [0.15, 0.2) is 40.9 Å². The van der Waals surface area contributed by atoms with Gasteiger partial charge in [-0.05, 0) is 71.2 Å². The third-order valence-corrected chi connectivity index (χ3v) is 3.37. The lowest BCUT2D eigenvalue weighted by atomic mass is 10.1. The Morgan fingerprint density at radius 1 is 1.11 bits per heavy atom. The molecule has 2 nitrogen and oxygen atoms in total. The molecule has 2 rings (SSSR count). The normalized spacial score (nSPS) is 10.3. The van der Waals surface area contributed by atoms with Gasteiger partial charge in [0.1, 0.15) is 5.82 Å². The Hall–Kier alpha value is -1.68. The van der Waals surface area contributed by atoms with Crippen molar-refractivity contribution in [3.63, 3.8) is 0 Å². The lowest BCUT2D eigenvalue weighted by Crippen LogP contribution is -2.13. The third kappa shape index (κ3) is 3.41. The van der Waals surface area contributed by atoms with E-state index in [1.165, 1.54) is 12.1 Å². The van der Waals surface area contributed by atoms with Crippen molar-refractivity contribution in [1.82, 2.24) is 0 Å². The van der Waals surface area contributed by atoms with Crippen LogP contribution in [0.2, 0.25) is 0 Å². The standard InChI is InChI=1S/C15H13BrFNO/c1-9-3-4-13(16)14(7-9)18-15(19)11-5-10(2)6-12(17)8-11/h3-8H,1-2H3,(H,18,19). The Bertz CT molecular complexity index is 620. The molecule has 1 N–H and O–H groups in total. The van der Waals surface area contributed by atoms with E-state index < -0.39 is 5.82 Å². The summed E-state index contributed by atoms with van der Waals surface area (Å²) >= 11 is 3.37. The first-order chi connectivity index (χ1) is 8.95. The van der Waals surface area contributed by atoms with Gasteiger partial charge in [0.15, 0.2) is 0 Å². The predicted octanol–water partition coefficient (Wildman–Crippen LogP) is 4.46. The third-order valence-electron chi connectivity index (χ3n) is 2.67. The van der Waals surface area contributed by atoms with Crippen LogP contribution in [-0.2, 0) is 0 Å². The number of hydrogen-bond donors (Lipinski definition) is 1. The molecule has 0 saturated heterocycles. The molecule has 0 radical (unpaired) electrons. The molecule has 0 heterocycles. The van der Waals surface area contributed by atoms with Crippen molar-refractivity contribution in [1.29, 1.82) is 0 Å². The van der Waals surface area contributed by atoms with Gasteiger partial charge in [-0.25, -0.2) is 4.39 Å². The van der Waals surface area contributed by atoms with Gasteiger partial charge < -0.3 is 5.32 Å². The first-order valence-electron chi connectivity index (χ1n) is 5.80. The van der Waals surface area contributed by atoms with Crippen molar-refractivity contribution < 1.29 is 9.18 Å². The topological polar surface area (TPSA) is 29.1 Å². The highest BCUT2D eigenvalue weighted by molar-refractivity contribution is 9.10. The maximum atomic E-state index is 13.3. The number of carbonyl (C=O) groups excluding carboxylic acids is 1. The number of anilines is 1. The van der Waals surface area contributed by atoms with Crippen LogP contribution in [-0.4, -0.2) is 5.91 Å². The summed E-state index contributed by atoms with van der Waals surface area (Å²) in [6.07, 6.45) is 0. The summed E-state index contributed by atoms with van der Waals surface area (Å²) in [6, 6.07) is 9.93. The second kappa shape index (κ2) is 5.53. The van der Waals surface area contributed by atoms with Crippen molar-refractivity contribution in [2.24, 2.45) is 0 Å². The summed E-state index contributed by atoms with van der Waals surface area (Å²) in [5, 5.41) is 2.77. The Balaban J connectivity index is 2.28. The van der Waals surface area contributed by atoms with Gasteiger partial charge in [0, 0.05) is 10.0 Å². The number of hydrogen-bond acceptors (Lipinski definition) is 1. The average molecular weight is 322 g/mol. The zero-order chi connectivity index (χ0) is 14.0. The van der Waals surface area contributed by atoms with Crippen LogP contribution >= 0.6 is 15.9 Å². The number of halogens is 2. The molecule has 0 spiro atoms. The molecule has 0 bridgehead atoms. The van der Waals surface area contributed by atoms with E-state index in [-0.39, 0.29) is 5.91 Å². The largest absolute Gasteiger partial charge is 0.321 e.